The molecular formula is C18H26N2O. The van der Waals surface area contributed by atoms with Gasteiger partial charge in [0.05, 0.1) is 6.04 Å². The summed E-state index contributed by atoms with van der Waals surface area (Å²) >= 11 is 0. The zero-order valence-electron chi connectivity index (χ0n) is 13.1. The third-order valence-corrected chi connectivity index (χ3v) is 5.12. The minimum Gasteiger partial charge on any atom is -0.349 e. The number of aryl methyl sites for hydroxylation is 1. The molecular weight excluding hydrogens is 260 g/mol. The van der Waals surface area contributed by atoms with Gasteiger partial charge in [0.15, 0.2) is 0 Å². The molecule has 2 N–H and O–H groups in total. The van der Waals surface area contributed by atoms with Crippen molar-refractivity contribution in [3.05, 3.63) is 35.4 Å². The molecule has 1 heterocycles. The van der Waals surface area contributed by atoms with Crippen molar-refractivity contribution in [2.75, 3.05) is 6.54 Å². The van der Waals surface area contributed by atoms with Crippen molar-refractivity contribution in [1.82, 2.24) is 10.6 Å². The Balaban J connectivity index is 1.73. The first kappa shape index (κ1) is 14.6. The largest absolute Gasteiger partial charge is 0.349 e. The SMILES string of the molecule is CC1CCc2ccccc2C1NC(=O)[C@H]1CCN[C@@H](C)C1. The molecule has 3 rings (SSSR count). The van der Waals surface area contributed by atoms with Gasteiger partial charge in [-0.25, -0.2) is 0 Å². The monoisotopic (exact) mass is 286 g/mol. The number of amides is 1. The van der Waals surface area contributed by atoms with E-state index in [0.717, 1.165) is 32.2 Å². The van der Waals surface area contributed by atoms with Gasteiger partial charge in [0, 0.05) is 12.0 Å². The van der Waals surface area contributed by atoms with E-state index in [4.69, 9.17) is 0 Å². The smallest absolute Gasteiger partial charge is 0.223 e. The fourth-order valence-corrected chi connectivity index (χ4v) is 3.78. The number of rotatable bonds is 2. The number of carbonyl (C=O) groups is 1. The second kappa shape index (κ2) is 6.18. The van der Waals surface area contributed by atoms with Gasteiger partial charge in [-0.2, -0.15) is 0 Å². The highest BCUT2D eigenvalue weighted by molar-refractivity contribution is 5.79. The van der Waals surface area contributed by atoms with E-state index in [0.29, 0.717) is 12.0 Å². The molecule has 2 unspecified atom stereocenters. The molecule has 4 atom stereocenters. The maximum atomic E-state index is 12.6. The van der Waals surface area contributed by atoms with E-state index >= 15 is 0 Å². The highest BCUT2D eigenvalue weighted by atomic mass is 16.1. The predicted molar refractivity (Wildman–Crippen MR) is 85.0 cm³/mol. The molecule has 1 aliphatic heterocycles. The second-order valence-corrected chi connectivity index (χ2v) is 6.78. The molecule has 1 aromatic carbocycles. The standard InChI is InChI=1S/C18H26N2O/c1-12-7-8-14-5-3-4-6-16(14)17(12)20-18(21)15-9-10-19-13(2)11-15/h3-6,12-13,15,17,19H,7-11H2,1-2H3,(H,20,21)/t12?,13-,15-,17?/m0/s1. The van der Waals surface area contributed by atoms with Crippen LogP contribution in [0.4, 0.5) is 0 Å². The Morgan fingerprint density at radius 3 is 2.86 bits per heavy atom. The van der Waals surface area contributed by atoms with Crippen molar-refractivity contribution >= 4 is 5.91 Å². The van der Waals surface area contributed by atoms with Crippen LogP contribution < -0.4 is 10.6 Å². The lowest BCUT2D eigenvalue weighted by Gasteiger charge is -2.34. The Hall–Kier alpha value is -1.35. The molecule has 114 valence electrons. The van der Waals surface area contributed by atoms with Crippen molar-refractivity contribution in [1.29, 1.82) is 0 Å². The number of fused-ring (bicyclic) bond motifs is 1. The maximum absolute atomic E-state index is 12.6. The summed E-state index contributed by atoms with van der Waals surface area (Å²) in [5.74, 6) is 0.933. The Labute approximate surface area is 127 Å². The number of nitrogens with one attached hydrogen (secondary N) is 2. The van der Waals surface area contributed by atoms with Gasteiger partial charge in [0.2, 0.25) is 5.91 Å². The Bertz CT molecular complexity index is 514. The Morgan fingerprint density at radius 2 is 2.05 bits per heavy atom. The van der Waals surface area contributed by atoms with Crippen LogP contribution in [0.5, 0.6) is 0 Å². The molecule has 2 aliphatic rings. The first-order valence-corrected chi connectivity index (χ1v) is 8.26. The molecule has 1 amide bonds. The van der Waals surface area contributed by atoms with E-state index in [2.05, 4.69) is 48.7 Å². The van der Waals surface area contributed by atoms with Gasteiger partial charge in [0.1, 0.15) is 0 Å². The van der Waals surface area contributed by atoms with Gasteiger partial charge >= 0.3 is 0 Å². The average molecular weight is 286 g/mol. The fourth-order valence-electron chi connectivity index (χ4n) is 3.78. The van der Waals surface area contributed by atoms with Crippen molar-refractivity contribution < 1.29 is 4.79 Å². The molecule has 0 saturated carbocycles. The predicted octanol–water partition coefficient (Wildman–Crippen LogP) is 2.81. The summed E-state index contributed by atoms with van der Waals surface area (Å²) in [6, 6.07) is 9.21. The summed E-state index contributed by atoms with van der Waals surface area (Å²) < 4.78 is 0. The second-order valence-electron chi connectivity index (χ2n) is 6.78. The van der Waals surface area contributed by atoms with E-state index < -0.39 is 0 Å². The van der Waals surface area contributed by atoms with Crippen LogP contribution >= 0.6 is 0 Å². The lowest BCUT2D eigenvalue weighted by atomic mass is 9.80. The van der Waals surface area contributed by atoms with E-state index in [1.54, 1.807) is 0 Å². The molecule has 0 radical (unpaired) electrons. The zero-order valence-corrected chi connectivity index (χ0v) is 13.1. The van der Waals surface area contributed by atoms with Crippen molar-refractivity contribution in [2.45, 2.75) is 51.6 Å². The number of hydrogen-bond donors (Lipinski definition) is 2. The molecule has 0 spiro atoms. The van der Waals surface area contributed by atoms with E-state index in [1.807, 2.05) is 0 Å². The van der Waals surface area contributed by atoms with Crippen LogP contribution in [0.2, 0.25) is 0 Å². The van der Waals surface area contributed by atoms with Crippen molar-refractivity contribution in [3.8, 4) is 0 Å². The number of piperidine rings is 1. The first-order valence-electron chi connectivity index (χ1n) is 8.26. The molecule has 1 aliphatic carbocycles. The van der Waals surface area contributed by atoms with Gasteiger partial charge in [-0.3, -0.25) is 4.79 Å². The Morgan fingerprint density at radius 1 is 1.24 bits per heavy atom. The van der Waals surface area contributed by atoms with E-state index in [1.165, 1.54) is 11.1 Å². The van der Waals surface area contributed by atoms with Crippen molar-refractivity contribution in [2.24, 2.45) is 11.8 Å². The summed E-state index contributed by atoms with van der Waals surface area (Å²) in [7, 11) is 0. The summed E-state index contributed by atoms with van der Waals surface area (Å²) in [5, 5.41) is 6.76. The summed E-state index contributed by atoms with van der Waals surface area (Å²) in [4.78, 5) is 12.6. The minimum atomic E-state index is 0.169. The third-order valence-electron chi connectivity index (χ3n) is 5.12. The number of carbonyl (C=O) groups excluding carboxylic acids is 1. The normalized spacial score (nSPS) is 32.3. The van der Waals surface area contributed by atoms with Crippen molar-refractivity contribution in [3.63, 3.8) is 0 Å². The van der Waals surface area contributed by atoms with Crippen LogP contribution in [0.1, 0.15) is 50.3 Å². The van der Waals surface area contributed by atoms with Crippen LogP contribution in [-0.4, -0.2) is 18.5 Å². The molecule has 0 aromatic heterocycles. The van der Waals surface area contributed by atoms with E-state index in [-0.39, 0.29) is 17.9 Å². The van der Waals surface area contributed by atoms with Gasteiger partial charge in [-0.1, -0.05) is 31.2 Å². The minimum absolute atomic E-state index is 0.169. The zero-order chi connectivity index (χ0) is 14.8. The molecule has 1 aromatic rings. The lowest BCUT2D eigenvalue weighted by molar-refractivity contribution is -0.127. The van der Waals surface area contributed by atoms with Crippen LogP contribution in [0, 0.1) is 11.8 Å². The Kier molecular flexibility index (Phi) is 4.29. The molecule has 0 bridgehead atoms. The average Bonchev–Trinajstić information content (AvgIpc) is 2.50. The van der Waals surface area contributed by atoms with Gasteiger partial charge in [-0.15, -0.1) is 0 Å². The summed E-state index contributed by atoms with van der Waals surface area (Å²) in [5.41, 5.74) is 2.73. The van der Waals surface area contributed by atoms with Crippen LogP contribution in [-0.2, 0) is 11.2 Å². The maximum Gasteiger partial charge on any atom is 0.223 e. The highest BCUT2D eigenvalue weighted by Crippen LogP contribution is 2.34. The third kappa shape index (κ3) is 3.13. The highest BCUT2D eigenvalue weighted by Gasteiger charge is 2.31. The van der Waals surface area contributed by atoms with Crippen LogP contribution in [0.25, 0.3) is 0 Å². The van der Waals surface area contributed by atoms with E-state index in [9.17, 15) is 4.79 Å². The quantitative estimate of drug-likeness (QED) is 0.878. The van der Waals surface area contributed by atoms with Gasteiger partial charge in [0.25, 0.3) is 0 Å². The van der Waals surface area contributed by atoms with Gasteiger partial charge in [-0.05, 0) is 56.2 Å². The fraction of sp³-hybridized carbons (Fsp3) is 0.611. The summed E-state index contributed by atoms with van der Waals surface area (Å²) in [6.45, 7) is 5.37. The van der Waals surface area contributed by atoms with Gasteiger partial charge < -0.3 is 10.6 Å². The van der Waals surface area contributed by atoms with Crippen LogP contribution in [0.15, 0.2) is 24.3 Å². The summed E-state index contributed by atoms with van der Waals surface area (Å²) in [6.07, 6.45) is 4.20. The first-order chi connectivity index (χ1) is 10.1. The molecule has 3 nitrogen and oxygen atoms in total. The number of hydrogen-bond acceptors (Lipinski definition) is 2. The topological polar surface area (TPSA) is 41.1 Å². The number of benzene rings is 1. The molecule has 1 fully saturated rings. The lowest BCUT2D eigenvalue weighted by Crippen LogP contribution is -2.44. The van der Waals surface area contributed by atoms with Crippen LogP contribution in [0.3, 0.4) is 0 Å². The molecule has 21 heavy (non-hydrogen) atoms. The molecule has 1 saturated heterocycles. The molecule has 3 heteroatoms.